The van der Waals surface area contributed by atoms with Crippen LogP contribution in [0.2, 0.25) is 0 Å². The summed E-state index contributed by atoms with van der Waals surface area (Å²) in [5, 5.41) is 22.1. The summed E-state index contributed by atoms with van der Waals surface area (Å²) >= 11 is 6.06. The number of halogens is 1. The van der Waals surface area contributed by atoms with Gasteiger partial charge in [-0.2, -0.15) is 0 Å². The molecule has 0 radical (unpaired) electrons. The molecule has 4 nitrogen and oxygen atoms in total. The average Bonchev–Trinajstić information content (AvgIpc) is 2.44. The number of phenolic OH excluding ortho intramolecular Hbond substituents is 2. The van der Waals surface area contributed by atoms with E-state index in [1.165, 1.54) is 18.2 Å². The minimum Gasteiger partial charge on any atom is -0.508 e. The Balaban J connectivity index is 2.15. The van der Waals surface area contributed by atoms with Crippen LogP contribution in [0.1, 0.15) is 43.0 Å². The third kappa shape index (κ3) is 3.18. The van der Waals surface area contributed by atoms with Gasteiger partial charge in [-0.05, 0) is 49.8 Å². The zero-order chi connectivity index (χ0) is 14.8. The molecule has 0 atom stereocenters. The molecule has 0 spiro atoms. The maximum absolute atomic E-state index is 12.3. The predicted octanol–water partition coefficient (Wildman–Crippen LogP) is 3.02. The molecule has 0 bridgehead atoms. The summed E-state index contributed by atoms with van der Waals surface area (Å²) in [7, 11) is 0. The summed E-state index contributed by atoms with van der Waals surface area (Å²) in [6.45, 7) is 2.20. The number of rotatable bonds is 3. The van der Waals surface area contributed by atoms with E-state index in [0.29, 0.717) is 11.8 Å². The highest BCUT2D eigenvalue weighted by atomic mass is 35.5. The maximum atomic E-state index is 12.3. The first-order valence-electron chi connectivity index (χ1n) is 6.86. The molecular formula is C15H20ClNO3. The van der Waals surface area contributed by atoms with Crippen molar-refractivity contribution in [1.82, 2.24) is 5.32 Å². The molecule has 20 heavy (non-hydrogen) atoms. The van der Waals surface area contributed by atoms with Crippen LogP contribution >= 0.6 is 11.6 Å². The van der Waals surface area contributed by atoms with Crippen LogP contribution in [-0.2, 0) is 0 Å². The van der Waals surface area contributed by atoms with Crippen molar-refractivity contribution < 1.29 is 15.0 Å². The van der Waals surface area contributed by atoms with Gasteiger partial charge in [0.15, 0.2) is 0 Å². The Bertz CT molecular complexity index is 496. The molecule has 1 aromatic rings. The van der Waals surface area contributed by atoms with E-state index in [1.807, 2.05) is 0 Å². The van der Waals surface area contributed by atoms with Crippen LogP contribution in [0.15, 0.2) is 18.2 Å². The minimum absolute atomic E-state index is 0.0508. The second-order valence-electron chi connectivity index (χ2n) is 5.75. The van der Waals surface area contributed by atoms with Gasteiger partial charge >= 0.3 is 0 Å². The molecule has 0 aliphatic heterocycles. The smallest absolute Gasteiger partial charge is 0.255 e. The fourth-order valence-electron chi connectivity index (χ4n) is 2.62. The molecule has 1 aromatic carbocycles. The molecule has 3 N–H and O–H groups in total. The number of amides is 1. The lowest BCUT2D eigenvalue weighted by Crippen LogP contribution is -2.52. The minimum atomic E-state index is -0.414. The number of hydrogen-bond acceptors (Lipinski definition) is 3. The summed E-state index contributed by atoms with van der Waals surface area (Å²) in [6, 6.07) is 3.91. The number of benzene rings is 1. The van der Waals surface area contributed by atoms with Crippen molar-refractivity contribution in [2.24, 2.45) is 5.92 Å². The second kappa shape index (κ2) is 5.92. The van der Waals surface area contributed by atoms with E-state index in [4.69, 9.17) is 11.6 Å². The number of carbonyl (C=O) groups is 1. The van der Waals surface area contributed by atoms with Crippen molar-refractivity contribution in [3.63, 3.8) is 0 Å². The molecule has 0 unspecified atom stereocenters. The zero-order valence-corrected chi connectivity index (χ0v) is 12.3. The first-order valence-corrected chi connectivity index (χ1v) is 7.40. The van der Waals surface area contributed by atoms with Crippen LogP contribution in [0.25, 0.3) is 0 Å². The van der Waals surface area contributed by atoms with Crippen LogP contribution in [0.3, 0.4) is 0 Å². The van der Waals surface area contributed by atoms with E-state index < -0.39 is 11.4 Å². The number of alkyl halides is 1. The van der Waals surface area contributed by atoms with Crippen molar-refractivity contribution in [3.05, 3.63) is 23.8 Å². The van der Waals surface area contributed by atoms with Crippen LogP contribution in [0.5, 0.6) is 11.5 Å². The summed E-state index contributed by atoms with van der Waals surface area (Å²) in [4.78, 5) is 12.3. The van der Waals surface area contributed by atoms with Crippen molar-refractivity contribution in [3.8, 4) is 11.5 Å². The molecule has 2 rings (SSSR count). The highest BCUT2D eigenvalue weighted by molar-refractivity contribution is 6.19. The van der Waals surface area contributed by atoms with Gasteiger partial charge in [0.1, 0.15) is 11.5 Å². The molecule has 5 heteroatoms. The van der Waals surface area contributed by atoms with E-state index in [9.17, 15) is 15.0 Å². The SMILES string of the molecule is CC1CCC(CCl)(NC(=O)c2cc(O)ccc2O)CC1. The van der Waals surface area contributed by atoms with E-state index in [2.05, 4.69) is 12.2 Å². The Morgan fingerprint density at radius 2 is 2.05 bits per heavy atom. The topological polar surface area (TPSA) is 69.6 Å². The molecule has 110 valence electrons. The summed E-state index contributed by atoms with van der Waals surface area (Å²) in [5.74, 6) is 0.413. The highest BCUT2D eigenvalue weighted by Crippen LogP contribution is 2.33. The second-order valence-corrected chi connectivity index (χ2v) is 6.02. The number of phenols is 2. The molecule has 1 aliphatic carbocycles. The average molecular weight is 298 g/mol. The van der Waals surface area contributed by atoms with Gasteiger partial charge in [0, 0.05) is 5.88 Å². The Morgan fingerprint density at radius 3 is 2.65 bits per heavy atom. The van der Waals surface area contributed by atoms with Crippen LogP contribution in [0.4, 0.5) is 0 Å². The predicted molar refractivity (Wildman–Crippen MR) is 78.3 cm³/mol. The number of carbonyl (C=O) groups excluding carboxylic acids is 1. The molecule has 0 heterocycles. The van der Waals surface area contributed by atoms with Gasteiger partial charge < -0.3 is 15.5 Å². The van der Waals surface area contributed by atoms with Crippen LogP contribution < -0.4 is 5.32 Å². The Kier molecular flexibility index (Phi) is 4.43. The fraction of sp³-hybridized carbons (Fsp3) is 0.533. The van der Waals surface area contributed by atoms with E-state index in [0.717, 1.165) is 25.7 Å². The van der Waals surface area contributed by atoms with Crippen molar-refractivity contribution >= 4 is 17.5 Å². The van der Waals surface area contributed by atoms with Crippen LogP contribution in [0, 0.1) is 5.92 Å². The van der Waals surface area contributed by atoms with Gasteiger partial charge in [0.25, 0.3) is 5.91 Å². The van der Waals surface area contributed by atoms with Crippen molar-refractivity contribution in [2.45, 2.75) is 38.1 Å². The number of nitrogens with one attached hydrogen (secondary N) is 1. The number of hydrogen-bond donors (Lipinski definition) is 3. The van der Waals surface area contributed by atoms with Crippen molar-refractivity contribution in [1.29, 1.82) is 0 Å². The molecular weight excluding hydrogens is 278 g/mol. The van der Waals surface area contributed by atoms with Crippen molar-refractivity contribution in [2.75, 3.05) is 5.88 Å². The van der Waals surface area contributed by atoms with Gasteiger partial charge in [-0.25, -0.2) is 0 Å². The molecule has 0 saturated heterocycles. The van der Waals surface area contributed by atoms with Gasteiger partial charge in [-0.3, -0.25) is 4.79 Å². The molecule has 1 saturated carbocycles. The third-order valence-corrected chi connectivity index (χ3v) is 4.60. The van der Waals surface area contributed by atoms with Crippen LogP contribution in [-0.4, -0.2) is 27.5 Å². The largest absolute Gasteiger partial charge is 0.508 e. The Morgan fingerprint density at radius 1 is 1.40 bits per heavy atom. The fourth-order valence-corrected chi connectivity index (χ4v) is 2.95. The molecule has 1 fully saturated rings. The van der Waals surface area contributed by atoms with Gasteiger partial charge in [0.2, 0.25) is 0 Å². The standard InChI is InChI=1S/C15H20ClNO3/c1-10-4-6-15(9-16,7-5-10)17-14(20)12-8-11(18)2-3-13(12)19/h2-3,8,10,18-19H,4-7,9H2,1H3,(H,17,20). The lowest BCUT2D eigenvalue weighted by atomic mass is 9.78. The first kappa shape index (κ1) is 15.0. The van der Waals surface area contributed by atoms with E-state index in [1.54, 1.807) is 0 Å². The number of aromatic hydroxyl groups is 2. The third-order valence-electron chi connectivity index (χ3n) is 4.09. The first-order chi connectivity index (χ1) is 9.46. The zero-order valence-electron chi connectivity index (χ0n) is 11.5. The molecule has 1 amide bonds. The Hall–Kier alpha value is -1.42. The quantitative estimate of drug-likeness (QED) is 0.593. The van der Waals surface area contributed by atoms with Gasteiger partial charge in [-0.1, -0.05) is 6.92 Å². The lowest BCUT2D eigenvalue weighted by Gasteiger charge is -2.38. The Labute approximate surface area is 123 Å². The molecule has 0 aromatic heterocycles. The summed E-state index contributed by atoms with van der Waals surface area (Å²) in [5.41, 5.74) is -0.337. The monoisotopic (exact) mass is 297 g/mol. The maximum Gasteiger partial charge on any atom is 0.255 e. The summed E-state index contributed by atoms with van der Waals surface area (Å²) < 4.78 is 0. The summed E-state index contributed by atoms with van der Waals surface area (Å²) in [6.07, 6.45) is 3.73. The van der Waals surface area contributed by atoms with E-state index in [-0.39, 0.29) is 17.1 Å². The van der Waals surface area contributed by atoms with Gasteiger partial charge in [0.05, 0.1) is 11.1 Å². The normalized spacial score (nSPS) is 26.2. The van der Waals surface area contributed by atoms with Gasteiger partial charge in [-0.15, -0.1) is 11.6 Å². The van der Waals surface area contributed by atoms with E-state index >= 15 is 0 Å². The highest BCUT2D eigenvalue weighted by Gasteiger charge is 2.35. The molecule has 1 aliphatic rings. The lowest BCUT2D eigenvalue weighted by molar-refractivity contribution is 0.0869.